The van der Waals surface area contributed by atoms with Crippen LogP contribution in [0.4, 0.5) is 18.9 Å². The Morgan fingerprint density at radius 2 is 1.69 bits per heavy atom. The van der Waals surface area contributed by atoms with Crippen LogP contribution in [0.2, 0.25) is 0 Å². The molecule has 0 spiro atoms. The van der Waals surface area contributed by atoms with E-state index in [2.05, 4.69) is 32.0 Å². The van der Waals surface area contributed by atoms with E-state index in [9.17, 15) is 23.1 Å². The number of rotatable bonds is 8. The van der Waals surface area contributed by atoms with Crippen molar-refractivity contribution in [3.8, 4) is 5.75 Å². The number of carbonyl (C=O) groups excluding carboxylic acids is 1. The molecule has 4 rings (SSSR count). The first-order valence-electron chi connectivity index (χ1n) is 12.6. The third kappa shape index (κ3) is 7.61. The van der Waals surface area contributed by atoms with Crippen molar-refractivity contribution in [1.82, 2.24) is 10.2 Å². The average Bonchev–Trinajstić information content (AvgIpc) is 2.85. The molecule has 9 heteroatoms. The maximum Gasteiger partial charge on any atom is 0.573 e. The Hall–Kier alpha value is -2.78. The highest BCUT2D eigenvalue weighted by molar-refractivity contribution is 5.79. The van der Waals surface area contributed by atoms with Gasteiger partial charge in [0.25, 0.3) is 0 Å². The normalized spacial score (nSPS) is 21.8. The Morgan fingerprint density at radius 3 is 2.33 bits per heavy atom. The van der Waals surface area contributed by atoms with Gasteiger partial charge in [0.2, 0.25) is 5.91 Å². The number of hydrogen-bond acceptors (Lipinski definition) is 5. The predicted molar refractivity (Wildman–Crippen MR) is 132 cm³/mol. The molecule has 6 nitrogen and oxygen atoms in total. The quantitative estimate of drug-likeness (QED) is 0.563. The van der Waals surface area contributed by atoms with E-state index in [1.54, 1.807) is 12.1 Å². The molecule has 0 aliphatic carbocycles. The number of hydrogen-bond donors (Lipinski definition) is 2. The van der Waals surface area contributed by atoms with Gasteiger partial charge < -0.3 is 20.1 Å². The topological polar surface area (TPSA) is 65.0 Å². The van der Waals surface area contributed by atoms with Crippen molar-refractivity contribution in [2.24, 2.45) is 11.8 Å². The number of aliphatic hydroxyl groups is 1. The first-order chi connectivity index (χ1) is 17.3. The van der Waals surface area contributed by atoms with Gasteiger partial charge in [-0.1, -0.05) is 30.3 Å². The van der Waals surface area contributed by atoms with E-state index in [0.29, 0.717) is 39.0 Å². The summed E-state index contributed by atoms with van der Waals surface area (Å²) >= 11 is 0. The second-order valence-electron chi connectivity index (χ2n) is 9.72. The molecule has 0 bridgehead atoms. The van der Waals surface area contributed by atoms with Crippen LogP contribution < -0.4 is 15.0 Å². The Morgan fingerprint density at radius 1 is 1.00 bits per heavy atom. The van der Waals surface area contributed by atoms with Crippen molar-refractivity contribution in [2.75, 3.05) is 37.6 Å². The number of alkyl halides is 3. The number of anilines is 1. The summed E-state index contributed by atoms with van der Waals surface area (Å²) in [6, 6.07) is 16.1. The van der Waals surface area contributed by atoms with Gasteiger partial charge in [0, 0.05) is 44.3 Å². The first-order valence-corrected chi connectivity index (χ1v) is 12.6. The van der Waals surface area contributed by atoms with E-state index >= 15 is 0 Å². The number of benzene rings is 2. The van der Waals surface area contributed by atoms with E-state index in [1.807, 2.05) is 18.2 Å². The fraction of sp³-hybridized carbons (Fsp3) is 0.519. The molecule has 36 heavy (non-hydrogen) atoms. The van der Waals surface area contributed by atoms with Gasteiger partial charge >= 0.3 is 6.36 Å². The standard InChI is InChI=1S/C27H34F3N3O3/c28-27(29,30)36-24-8-6-23(7-9-24)33-16-12-22(13-17-33)26(35)31-14-10-21-11-15-32(19-25(21)34)18-20-4-2-1-3-5-20/h1-9,21-22,25,34H,10-19H2,(H,31,35). The lowest BCUT2D eigenvalue weighted by Gasteiger charge is -2.36. The molecule has 2 atom stereocenters. The summed E-state index contributed by atoms with van der Waals surface area (Å²) in [4.78, 5) is 17.0. The first kappa shape index (κ1) is 26.3. The molecule has 2 aromatic rings. The molecule has 2 unspecified atom stereocenters. The monoisotopic (exact) mass is 505 g/mol. The van der Waals surface area contributed by atoms with Gasteiger partial charge in [-0.25, -0.2) is 0 Å². The SMILES string of the molecule is O=C(NCCC1CCN(Cc2ccccc2)CC1O)C1CCN(c2ccc(OC(F)(F)F)cc2)CC1. The summed E-state index contributed by atoms with van der Waals surface area (Å²) in [5, 5.41) is 13.7. The molecule has 1 amide bonds. The van der Waals surface area contributed by atoms with Crippen LogP contribution >= 0.6 is 0 Å². The summed E-state index contributed by atoms with van der Waals surface area (Å²) in [7, 11) is 0. The van der Waals surface area contributed by atoms with Crippen LogP contribution in [0.1, 0.15) is 31.2 Å². The number of amides is 1. The molecule has 2 aromatic carbocycles. The van der Waals surface area contributed by atoms with E-state index in [0.717, 1.165) is 31.6 Å². The minimum Gasteiger partial charge on any atom is -0.406 e. The number of piperidine rings is 2. The maximum atomic E-state index is 12.7. The highest BCUT2D eigenvalue weighted by Crippen LogP contribution is 2.28. The second-order valence-corrected chi connectivity index (χ2v) is 9.72. The molecule has 0 radical (unpaired) electrons. The van der Waals surface area contributed by atoms with Crippen molar-refractivity contribution in [1.29, 1.82) is 0 Å². The molecular weight excluding hydrogens is 471 g/mol. The highest BCUT2D eigenvalue weighted by Gasteiger charge is 2.31. The molecule has 2 fully saturated rings. The average molecular weight is 506 g/mol. The number of likely N-dealkylation sites (tertiary alicyclic amines) is 1. The number of β-amino-alcohol motifs (C(OH)–C–C–N with tert-alkyl or cyclic N) is 1. The number of carbonyl (C=O) groups is 1. The van der Waals surface area contributed by atoms with Crippen molar-refractivity contribution >= 4 is 11.6 Å². The van der Waals surface area contributed by atoms with Crippen LogP contribution in [0.15, 0.2) is 54.6 Å². The summed E-state index contributed by atoms with van der Waals surface area (Å²) in [5.41, 5.74) is 2.06. The molecule has 2 heterocycles. The lowest BCUT2D eigenvalue weighted by molar-refractivity contribution is -0.274. The van der Waals surface area contributed by atoms with Gasteiger partial charge in [0.15, 0.2) is 0 Å². The van der Waals surface area contributed by atoms with Crippen LogP contribution in [0.3, 0.4) is 0 Å². The number of ether oxygens (including phenoxy) is 1. The summed E-state index contributed by atoms with van der Waals surface area (Å²) in [5.74, 6) is -0.0951. The highest BCUT2D eigenvalue weighted by atomic mass is 19.4. The summed E-state index contributed by atoms with van der Waals surface area (Å²) < 4.78 is 40.9. The number of nitrogens with one attached hydrogen (secondary N) is 1. The van der Waals surface area contributed by atoms with Gasteiger partial charge in [-0.2, -0.15) is 0 Å². The smallest absolute Gasteiger partial charge is 0.406 e. The van der Waals surface area contributed by atoms with E-state index < -0.39 is 12.5 Å². The molecular formula is C27H34F3N3O3. The Labute approximate surface area is 210 Å². The number of halogens is 3. The Bertz CT molecular complexity index is 964. The lowest BCUT2D eigenvalue weighted by atomic mass is 9.90. The van der Waals surface area contributed by atoms with Gasteiger partial charge in [0.05, 0.1) is 6.10 Å². The third-order valence-corrected chi connectivity index (χ3v) is 7.17. The zero-order valence-electron chi connectivity index (χ0n) is 20.3. The van der Waals surface area contributed by atoms with Crippen molar-refractivity contribution in [3.05, 3.63) is 60.2 Å². The van der Waals surface area contributed by atoms with Crippen molar-refractivity contribution in [3.63, 3.8) is 0 Å². The Balaban J connectivity index is 1.14. The molecule has 196 valence electrons. The van der Waals surface area contributed by atoms with E-state index in [1.165, 1.54) is 17.7 Å². The second kappa shape index (κ2) is 12.0. The largest absolute Gasteiger partial charge is 0.573 e. The van der Waals surface area contributed by atoms with Gasteiger partial charge in [-0.05, 0) is 68.0 Å². The fourth-order valence-corrected chi connectivity index (χ4v) is 5.15. The van der Waals surface area contributed by atoms with Gasteiger partial charge in [-0.15, -0.1) is 13.2 Å². The third-order valence-electron chi connectivity index (χ3n) is 7.17. The van der Waals surface area contributed by atoms with Crippen LogP contribution in [0.25, 0.3) is 0 Å². The lowest BCUT2D eigenvalue weighted by Crippen LogP contribution is -2.45. The van der Waals surface area contributed by atoms with Crippen LogP contribution in [-0.2, 0) is 11.3 Å². The predicted octanol–water partition coefficient (Wildman–Crippen LogP) is 4.19. The fourth-order valence-electron chi connectivity index (χ4n) is 5.15. The minimum atomic E-state index is -4.70. The Kier molecular flexibility index (Phi) is 8.74. The summed E-state index contributed by atoms with van der Waals surface area (Å²) in [6.07, 6.45) is -2.05. The molecule has 2 saturated heterocycles. The van der Waals surface area contributed by atoms with Gasteiger partial charge in [0.1, 0.15) is 5.75 Å². The summed E-state index contributed by atoms with van der Waals surface area (Å²) in [6.45, 7) is 4.31. The number of aliphatic hydroxyl groups excluding tert-OH is 1. The maximum absolute atomic E-state index is 12.7. The van der Waals surface area contributed by atoms with Crippen LogP contribution in [0.5, 0.6) is 5.75 Å². The van der Waals surface area contributed by atoms with Gasteiger partial charge in [-0.3, -0.25) is 9.69 Å². The molecule has 2 aliphatic rings. The zero-order chi connectivity index (χ0) is 25.5. The zero-order valence-corrected chi connectivity index (χ0v) is 20.3. The van der Waals surface area contributed by atoms with Crippen molar-refractivity contribution in [2.45, 2.75) is 44.7 Å². The molecule has 2 aliphatic heterocycles. The minimum absolute atomic E-state index is 0.0413. The van der Waals surface area contributed by atoms with Crippen LogP contribution in [0, 0.1) is 11.8 Å². The molecule has 0 saturated carbocycles. The number of nitrogens with zero attached hydrogens (tertiary/aromatic N) is 2. The van der Waals surface area contributed by atoms with Crippen molar-refractivity contribution < 1.29 is 27.8 Å². The molecule has 0 aromatic heterocycles. The molecule has 2 N–H and O–H groups in total. The van der Waals surface area contributed by atoms with E-state index in [4.69, 9.17) is 0 Å². The van der Waals surface area contributed by atoms with E-state index in [-0.39, 0.29) is 23.5 Å². The van der Waals surface area contributed by atoms with Crippen LogP contribution in [-0.4, -0.2) is 61.1 Å².